The first-order chi connectivity index (χ1) is 10.4. The lowest BCUT2D eigenvalue weighted by Gasteiger charge is -2.48. The minimum Gasteiger partial charge on any atom is -0.437 e. The lowest BCUT2D eigenvalue weighted by atomic mass is 9.88. The number of rotatable bonds is 2. The molecule has 3 nitrogen and oxygen atoms in total. The van der Waals surface area contributed by atoms with Gasteiger partial charge in [0.25, 0.3) is 0 Å². The van der Waals surface area contributed by atoms with Crippen LogP contribution in [-0.4, -0.2) is 21.5 Å². The van der Waals surface area contributed by atoms with Crippen LogP contribution in [0.4, 0.5) is 5.69 Å². The van der Waals surface area contributed by atoms with Crippen LogP contribution in [0.3, 0.4) is 0 Å². The normalized spacial score (nSPS) is 18.1. The summed E-state index contributed by atoms with van der Waals surface area (Å²) in [4.78, 5) is 13.4. The Balaban J connectivity index is 2.67. The predicted octanol–water partition coefficient (Wildman–Crippen LogP) is 5.26. The Hall–Kier alpha value is -0.900. The van der Waals surface area contributed by atoms with Crippen molar-refractivity contribution in [2.75, 3.05) is 4.90 Å². The van der Waals surface area contributed by atoms with Gasteiger partial charge in [0.05, 0.1) is 5.54 Å². The summed E-state index contributed by atoms with van der Waals surface area (Å²) < 4.78 is 3.60. The molecule has 126 valence electrons. The number of alkyl halides is 3. The number of carbonyl (C=O) groups excluding carboxylic acids is 1. The number of hydrogen-bond acceptors (Lipinski definition) is 3. The molecule has 1 aliphatic rings. The van der Waals surface area contributed by atoms with Gasteiger partial charge in [-0.15, -0.1) is 0 Å². The van der Waals surface area contributed by atoms with Crippen LogP contribution >= 0.6 is 34.8 Å². The van der Waals surface area contributed by atoms with Gasteiger partial charge in [0, 0.05) is 18.2 Å². The first-order valence-corrected chi connectivity index (χ1v) is 8.40. The molecule has 0 aromatic heterocycles. The molecule has 0 saturated carbocycles. The molecule has 0 spiro atoms. The highest BCUT2D eigenvalue weighted by molar-refractivity contribution is 6.68. The number of benzene rings is 1. The number of ether oxygens (including phenoxy) is 1. The zero-order valence-electron chi connectivity index (χ0n) is 13.8. The van der Waals surface area contributed by atoms with Crippen LogP contribution in [0, 0.1) is 6.92 Å². The van der Waals surface area contributed by atoms with Gasteiger partial charge in [-0.05, 0) is 44.9 Å². The topological polar surface area (TPSA) is 29.5 Å². The SMILES string of the molecule is CC(=O)OC(N1c2cc(C)ccc2C(C)=CC1(C)C)C(Cl)(Cl)Cl. The third-order valence-electron chi connectivity index (χ3n) is 3.82. The van der Waals surface area contributed by atoms with Gasteiger partial charge in [-0.1, -0.05) is 53.0 Å². The quantitative estimate of drug-likeness (QED) is 0.521. The molecule has 1 atom stereocenters. The highest BCUT2D eigenvalue weighted by Crippen LogP contribution is 2.45. The number of esters is 1. The van der Waals surface area contributed by atoms with E-state index >= 15 is 0 Å². The second-order valence-electron chi connectivity index (χ2n) is 6.38. The number of allylic oxidation sites excluding steroid dienone is 1. The van der Waals surface area contributed by atoms with Crippen molar-refractivity contribution in [3.05, 3.63) is 35.4 Å². The first-order valence-electron chi connectivity index (χ1n) is 7.27. The maximum atomic E-state index is 11.6. The van der Waals surface area contributed by atoms with E-state index in [1.54, 1.807) is 0 Å². The van der Waals surface area contributed by atoms with Crippen LogP contribution in [0.25, 0.3) is 5.57 Å². The van der Waals surface area contributed by atoms with Crippen molar-refractivity contribution in [3.8, 4) is 0 Å². The van der Waals surface area contributed by atoms with Crippen LogP contribution in [0.5, 0.6) is 0 Å². The van der Waals surface area contributed by atoms with Gasteiger partial charge in [-0.25, -0.2) is 0 Å². The Morgan fingerprint density at radius 2 is 1.87 bits per heavy atom. The fraction of sp³-hybridized carbons (Fsp3) is 0.471. The van der Waals surface area contributed by atoms with E-state index in [4.69, 9.17) is 39.5 Å². The number of nitrogens with zero attached hydrogens (tertiary/aromatic N) is 1. The molecule has 2 rings (SSSR count). The van der Waals surface area contributed by atoms with E-state index in [0.717, 1.165) is 22.4 Å². The van der Waals surface area contributed by atoms with E-state index < -0.39 is 21.5 Å². The van der Waals surface area contributed by atoms with E-state index in [1.165, 1.54) is 6.92 Å². The number of aryl methyl sites for hydroxylation is 1. The maximum Gasteiger partial charge on any atom is 0.304 e. The van der Waals surface area contributed by atoms with Crippen LogP contribution in [0.15, 0.2) is 24.3 Å². The second-order valence-corrected chi connectivity index (χ2v) is 8.74. The summed E-state index contributed by atoms with van der Waals surface area (Å²) >= 11 is 18.4. The molecule has 1 heterocycles. The van der Waals surface area contributed by atoms with Gasteiger partial charge in [-0.2, -0.15) is 0 Å². The third-order valence-corrected chi connectivity index (χ3v) is 4.38. The van der Waals surface area contributed by atoms with Gasteiger partial charge in [0.15, 0.2) is 0 Å². The van der Waals surface area contributed by atoms with E-state index in [0.29, 0.717) is 0 Å². The van der Waals surface area contributed by atoms with Gasteiger partial charge in [-0.3, -0.25) is 4.79 Å². The molecule has 23 heavy (non-hydrogen) atoms. The minimum absolute atomic E-state index is 0.491. The van der Waals surface area contributed by atoms with Gasteiger partial charge < -0.3 is 9.64 Å². The average Bonchev–Trinajstić information content (AvgIpc) is 2.34. The first kappa shape index (κ1) is 18.4. The van der Waals surface area contributed by atoms with Crippen molar-refractivity contribution in [3.63, 3.8) is 0 Å². The van der Waals surface area contributed by atoms with Crippen LogP contribution in [0.2, 0.25) is 0 Å². The highest BCUT2D eigenvalue weighted by atomic mass is 35.6. The van der Waals surface area contributed by atoms with Crippen molar-refractivity contribution >= 4 is 52.0 Å². The van der Waals surface area contributed by atoms with Crippen molar-refractivity contribution < 1.29 is 9.53 Å². The van der Waals surface area contributed by atoms with E-state index in [-0.39, 0.29) is 0 Å². The van der Waals surface area contributed by atoms with Gasteiger partial charge in [0.2, 0.25) is 10.0 Å². The Morgan fingerprint density at radius 1 is 1.26 bits per heavy atom. The minimum atomic E-state index is -1.79. The Bertz CT molecular complexity index is 662. The fourth-order valence-electron chi connectivity index (χ4n) is 3.01. The summed E-state index contributed by atoms with van der Waals surface area (Å²) in [6.07, 6.45) is 1.04. The molecule has 6 heteroatoms. The highest BCUT2D eigenvalue weighted by Gasteiger charge is 2.47. The standard InChI is InChI=1S/C17H20Cl3NO2/c1-10-6-7-13-11(2)9-16(4,5)21(14(13)8-10)15(17(18,19)20)23-12(3)22/h6-9,15H,1-5H3. The molecule has 1 aliphatic heterocycles. The largest absolute Gasteiger partial charge is 0.437 e. The van der Waals surface area contributed by atoms with Crippen molar-refractivity contribution in [2.24, 2.45) is 0 Å². The van der Waals surface area contributed by atoms with Crippen LogP contribution in [0.1, 0.15) is 38.8 Å². The molecule has 0 bridgehead atoms. The van der Waals surface area contributed by atoms with E-state index in [9.17, 15) is 4.79 Å². The Labute approximate surface area is 152 Å². The third kappa shape index (κ3) is 3.78. The summed E-state index contributed by atoms with van der Waals surface area (Å²) in [5, 5.41) is 0. The number of fused-ring (bicyclic) bond motifs is 1. The number of carbonyl (C=O) groups is 1. The molecule has 0 amide bonds. The van der Waals surface area contributed by atoms with Crippen molar-refractivity contribution in [1.82, 2.24) is 0 Å². The molecule has 0 fully saturated rings. The predicted molar refractivity (Wildman–Crippen MR) is 97.2 cm³/mol. The monoisotopic (exact) mass is 375 g/mol. The van der Waals surface area contributed by atoms with Gasteiger partial charge in [0.1, 0.15) is 0 Å². The summed E-state index contributed by atoms with van der Waals surface area (Å²) in [5.41, 5.74) is 3.63. The van der Waals surface area contributed by atoms with Crippen molar-refractivity contribution in [1.29, 1.82) is 0 Å². The van der Waals surface area contributed by atoms with Crippen molar-refractivity contribution in [2.45, 2.75) is 50.2 Å². The van der Waals surface area contributed by atoms with Gasteiger partial charge >= 0.3 is 5.97 Å². The summed E-state index contributed by atoms with van der Waals surface area (Å²) in [6.45, 7) is 9.33. The average molecular weight is 377 g/mol. The maximum absolute atomic E-state index is 11.6. The number of anilines is 1. The van der Waals surface area contributed by atoms with E-state index in [1.807, 2.05) is 50.8 Å². The van der Waals surface area contributed by atoms with Crippen LogP contribution in [-0.2, 0) is 9.53 Å². The van der Waals surface area contributed by atoms with Crippen LogP contribution < -0.4 is 4.90 Å². The lowest BCUT2D eigenvalue weighted by Crippen LogP contribution is -2.57. The zero-order valence-corrected chi connectivity index (χ0v) is 16.1. The molecule has 1 unspecified atom stereocenters. The Morgan fingerprint density at radius 3 is 2.39 bits per heavy atom. The fourth-order valence-corrected chi connectivity index (χ4v) is 3.44. The zero-order chi connectivity index (χ0) is 17.6. The lowest BCUT2D eigenvalue weighted by molar-refractivity contribution is -0.146. The number of halogens is 3. The smallest absolute Gasteiger partial charge is 0.304 e. The summed E-state index contributed by atoms with van der Waals surface area (Å²) in [6, 6.07) is 6.07. The molecule has 0 radical (unpaired) electrons. The Kier molecular flexibility index (Phi) is 4.97. The summed E-state index contributed by atoms with van der Waals surface area (Å²) in [5.74, 6) is -0.502. The molecule has 1 aromatic rings. The molecule has 0 aliphatic carbocycles. The number of hydrogen-bond donors (Lipinski definition) is 0. The molecule has 1 aromatic carbocycles. The summed E-state index contributed by atoms with van der Waals surface area (Å²) in [7, 11) is 0. The molecule has 0 N–H and O–H groups in total. The second kappa shape index (κ2) is 6.19. The molecular formula is C17H20Cl3NO2. The molecular weight excluding hydrogens is 357 g/mol. The van der Waals surface area contributed by atoms with E-state index in [2.05, 4.69) is 6.08 Å². The molecule has 0 saturated heterocycles.